The number of hydrogen-bond donors (Lipinski definition) is 0. The van der Waals surface area contributed by atoms with Crippen molar-refractivity contribution in [3.05, 3.63) is 35.6 Å². The van der Waals surface area contributed by atoms with Gasteiger partial charge in [0.2, 0.25) is 5.91 Å². The van der Waals surface area contributed by atoms with E-state index in [0.29, 0.717) is 17.9 Å². The highest BCUT2D eigenvalue weighted by molar-refractivity contribution is 5.94. The number of rotatable bonds is 3. The first-order valence-corrected chi connectivity index (χ1v) is 9.37. The van der Waals surface area contributed by atoms with Gasteiger partial charge in [-0.2, -0.15) is 0 Å². The van der Waals surface area contributed by atoms with Crippen LogP contribution in [0, 0.1) is 17.2 Å². The van der Waals surface area contributed by atoms with E-state index < -0.39 is 0 Å². The molecule has 0 atom stereocenters. The smallest absolute Gasteiger partial charge is 0.253 e. The van der Waals surface area contributed by atoms with Crippen molar-refractivity contribution in [3.63, 3.8) is 0 Å². The molecule has 2 aliphatic heterocycles. The molecule has 0 aromatic heterocycles. The van der Waals surface area contributed by atoms with Gasteiger partial charge in [-0.1, -0.05) is 0 Å². The molecule has 1 aromatic carbocycles. The van der Waals surface area contributed by atoms with Crippen LogP contribution in [0.2, 0.25) is 0 Å². The molecular weight excluding hydrogens is 319 g/mol. The fourth-order valence-corrected chi connectivity index (χ4v) is 4.25. The van der Waals surface area contributed by atoms with Crippen LogP contribution in [0.5, 0.6) is 0 Å². The third-order valence-electron chi connectivity index (χ3n) is 6.13. The first kappa shape index (κ1) is 16.6. The second-order valence-electron chi connectivity index (χ2n) is 8.02. The van der Waals surface area contributed by atoms with Crippen LogP contribution < -0.4 is 0 Å². The molecule has 0 bridgehead atoms. The van der Waals surface area contributed by atoms with E-state index in [9.17, 15) is 14.0 Å². The van der Waals surface area contributed by atoms with Crippen LogP contribution in [0.15, 0.2) is 24.3 Å². The number of hydrogen-bond acceptors (Lipinski definition) is 2. The van der Waals surface area contributed by atoms with E-state index in [1.54, 1.807) is 12.1 Å². The predicted molar refractivity (Wildman–Crippen MR) is 92.5 cm³/mol. The van der Waals surface area contributed by atoms with Gasteiger partial charge in [-0.05, 0) is 67.7 Å². The molecule has 2 saturated heterocycles. The van der Waals surface area contributed by atoms with E-state index in [1.165, 1.54) is 25.0 Å². The van der Waals surface area contributed by atoms with E-state index in [2.05, 4.69) is 4.90 Å². The maximum atomic E-state index is 13.0. The quantitative estimate of drug-likeness (QED) is 0.845. The van der Waals surface area contributed by atoms with Crippen molar-refractivity contribution >= 4 is 11.8 Å². The summed E-state index contributed by atoms with van der Waals surface area (Å²) < 4.78 is 13.0. The van der Waals surface area contributed by atoms with E-state index in [0.717, 1.165) is 51.4 Å². The second-order valence-corrected chi connectivity index (χ2v) is 8.02. The van der Waals surface area contributed by atoms with Gasteiger partial charge < -0.3 is 9.80 Å². The fourth-order valence-electron chi connectivity index (χ4n) is 4.25. The molecule has 0 radical (unpaired) electrons. The standard InChI is InChI=1S/C20H25FN2O2/c21-17-5-3-16(4-6-17)19(25)22-11-9-20(10-12-22)8-7-18(24)23(14-20)13-15-1-2-15/h3-6,15H,1-2,7-14H2. The number of carbonyl (C=O) groups is 2. The van der Waals surface area contributed by atoms with Gasteiger partial charge in [-0.15, -0.1) is 0 Å². The number of nitrogens with zero attached hydrogens (tertiary/aromatic N) is 2. The molecule has 1 aromatic rings. The third kappa shape index (κ3) is 3.55. The minimum atomic E-state index is -0.322. The van der Waals surface area contributed by atoms with Gasteiger partial charge in [0, 0.05) is 38.2 Å². The zero-order chi connectivity index (χ0) is 17.4. The van der Waals surface area contributed by atoms with Gasteiger partial charge in [-0.3, -0.25) is 9.59 Å². The highest BCUT2D eigenvalue weighted by Gasteiger charge is 2.42. The molecule has 5 heteroatoms. The molecule has 4 nitrogen and oxygen atoms in total. The van der Waals surface area contributed by atoms with Gasteiger partial charge in [0.05, 0.1) is 0 Å². The Labute approximate surface area is 148 Å². The summed E-state index contributed by atoms with van der Waals surface area (Å²) in [5.41, 5.74) is 0.731. The summed E-state index contributed by atoms with van der Waals surface area (Å²) in [6, 6.07) is 5.78. The summed E-state index contributed by atoms with van der Waals surface area (Å²) in [4.78, 5) is 28.7. The summed E-state index contributed by atoms with van der Waals surface area (Å²) in [5, 5.41) is 0. The molecule has 1 spiro atoms. The molecule has 2 heterocycles. The summed E-state index contributed by atoms with van der Waals surface area (Å²) in [6.45, 7) is 3.24. The third-order valence-corrected chi connectivity index (χ3v) is 6.13. The molecular formula is C20H25FN2O2. The van der Waals surface area contributed by atoms with Crippen molar-refractivity contribution in [2.45, 2.75) is 38.5 Å². The lowest BCUT2D eigenvalue weighted by molar-refractivity contribution is -0.139. The van der Waals surface area contributed by atoms with Crippen LogP contribution in [-0.4, -0.2) is 47.8 Å². The number of halogens is 1. The van der Waals surface area contributed by atoms with Crippen molar-refractivity contribution in [2.24, 2.45) is 11.3 Å². The molecule has 1 saturated carbocycles. The minimum Gasteiger partial charge on any atom is -0.342 e. The Morgan fingerprint density at radius 1 is 1.12 bits per heavy atom. The van der Waals surface area contributed by atoms with E-state index in [4.69, 9.17) is 0 Å². The largest absolute Gasteiger partial charge is 0.342 e. The van der Waals surface area contributed by atoms with Crippen molar-refractivity contribution < 1.29 is 14.0 Å². The van der Waals surface area contributed by atoms with Gasteiger partial charge in [0.1, 0.15) is 5.82 Å². The van der Waals surface area contributed by atoms with Gasteiger partial charge >= 0.3 is 0 Å². The van der Waals surface area contributed by atoms with Crippen LogP contribution in [-0.2, 0) is 4.79 Å². The van der Waals surface area contributed by atoms with Crippen LogP contribution >= 0.6 is 0 Å². The average Bonchev–Trinajstić information content (AvgIpc) is 3.43. The Kier molecular flexibility index (Phi) is 4.26. The highest BCUT2D eigenvalue weighted by Crippen LogP contribution is 2.42. The summed E-state index contributed by atoms with van der Waals surface area (Å²) >= 11 is 0. The summed E-state index contributed by atoms with van der Waals surface area (Å²) in [6.07, 6.45) is 6.03. The number of benzene rings is 1. The molecule has 1 aliphatic carbocycles. The van der Waals surface area contributed by atoms with Gasteiger partial charge in [-0.25, -0.2) is 4.39 Å². The van der Waals surface area contributed by atoms with E-state index >= 15 is 0 Å². The minimum absolute atomic E-state index is 0.0171. The van der Waals surface area contributed by atoms with Crippen LogP contribution in [0.25, 0.3) is 0 Å². The Hall–Kier alpha value is -1.91. The first-order valence-electron chi connectivity index (χ1n) is 9.37. The van der Waals surface area contributed by atoms with E-state index in [1.807, 2.05) is 4.90 Å². The second kappa shape index (κ2) is 6.43. The van der Waals surface area contributed by atoms with Crippen molar-refractivity contribution in [3.8, 4) is 0 Å². The zero-order valence-electron chi connectivity index (χ0n) is 14.5. The maximum Gasteiger partial charge on any atom is 0.253 e. The number of piperidine rings is 2. The topological polar surface area (TPSA) is 40.6 Å². The predicted octanol–water partition coefficient (Wildman–Crippen LogP) is 3.08. The van der Waals surface area contributed by atoms with Crippen molar-refractivity contribution in [1.29, 1.82) is 0 Å². The van der Waals surface area contributed by atoms with Crippen molar-refractivity contribution in [2.75, 3.05) is 26.2 Å². The monoisotopic (exact) mass is 344 g/mol. The summed E-state index contributed by atoms with van der Waals surface area (Å²) in [7, 11) is 0. The lowest BCUT2D eigenvalue weighted by Crippen LogP contribution is -2.52. The fraction of sp³-hybridized carbons (Fsp3) is 0.600. The number of likely N-dealkylation sites (tertiary alicyclic amines) is 2. The SMILES string of the molecule is O=C1CCC2(CCN(C(=O)c3ccc(F)cc3)CC2)CN1CC1CC1. The Morgan fingerprint density at radius 3 is 2.44 bits per heavy atom. The van der Waals surface area contributed by atoms with E-state index in [-0.39, 0.29) is 17.1 Å². The average molecular weight is 344 g/mol. The Bertz CT molecular complexity index is 661. The highest BCUT2D eigenvalue weighted by atomic mass is 19.1. The molecule has 3 aliphatic rings. The van der Waals surface area contributed by atoms with Gasteiger partial charge in [0.15, 0.2) is 0 Å². The van der Waals surface area contributed by atoms with Crippen LogP contribution in [0.1, 0.15) is 48.9 Å². The normalized spacial score (nSPS) is 23.2. The molecule has 0 N–H and O–H groups in total. The molecule has 0 unspecified atom stereocenters. The number of amides is 2. The van der Waals surface area contributed by atoms with Crippen LogP contribution in [0.4, 0.5) is 4.39 Å². The molecule has 2 amide bonds. The summed E-state index contributed by atoms with van der Waals surface area (Å²) in [5.74, 6) is 0.690. The lowest BCUT2D eigenvalue weighted by Gasteiger charge is -2.47. The lowest BCUT2D eigenvalue weighted by atomic mass is 9.72. The van der Waals surface area contributed by atoms with Crippen LogP contribution in [0.3, 0.4) is 0 Å². The zero-order valence-corrected chi connectivity index (χ0v) is 14.5. The molecule has 25 heavy (non-hydrogen) atoms. The number of carbonyl (C=O) groups excluding carboxylic acids is 2. The Morgan fingerprint density at radius 2 is 1.80 bits per heavy atom. The molecule has 4 rings (SSSR count). The molecule has 3 fully saturated rings. The first-order chi connectivity index (χ1) is 12.0. The Balaban J connectivity index is 1.37. The maximum absolute atomic E-state index is 13.0. The molecule has 134 valence electrons. The van der Waals surface area contributed by atoms with Crippen molar-refractivity contribution in [1.82, 2.24) is 9.80 Å². The van der Waals surface area contributed by atoms with Gasteiger partial charge in [0.25, 0.3) is 5.91 Å².